The van der Waals surface area contributed by atoms with Crippen LogP contribution < -0.4 is 16.1 Å². The van der Waals surface area contributed by atoms with Crippen molar-refractivity contribution in [1.82, 2.24) is 16.1 Å². The van der Waals surface area contributed by atoms with Gasteiger partial charge in [0.25, 0.3) is 0 Å². The van der Waals surface area contributed by atoms with E-state index < -0.39 is 24.1 Å². The Kier molecular flexibility index (Phi) is 8.77. The highest BCUT2D eigenvalue weighted by molar-refractivity contribution is 5.80. The first-order valence-electron chi connectivity index (χ1n) is 12.9. The van der Waals surface area contributed by atoms with Gasteiger partial charge in [0.2, 0.25) is 0 Å². The third-order valence-electron chi connectivity index (χ3n) is 7.25. The average molecular weight is 507 g/mol. The van der Waals surface area contributed by atoms with Crippen molar-refractivity contribution >= 4 is 24.3 Å². The molecule has 0 bridgehead atoms. The number of ether oxygens (including phenoxy) is 1. The molecule has 2 aliphatic rings. The van der Waals surface area contributed by atoms with Gasteiger partial charge in [-0.1, -0.05) is 55.5 Å². The minimum Gasteiger partial charge on any atom is -0.481 e. The minimum absolute atomic E-state index is 0.0172. The van der Waals surface area contributed by atoms with Crippen LogP contribution in [-0.2, 0) is 9.53 Å². The van der Waals surface area contributed by atoms with E-state index >= 15 is 0 Å². The molecule has 2 aliphatic carbocycles. The maximum absolute atomic E-state index is 12.5. The van der Waals surface area contributed by atoms with E-state index in [4.69, 9.17) is 9.84 Å². The first-order valence-corrected chi connectivity index (χ1v) is 12.9. The number of aliphatic carboxylic acids is 1. The van der Waals surface area contributed by atoms with Crippen molar-refractivity contribution in [2.75, 3.05) is 13.2 Å². The smallest absolute Gasteiger partial charge is 0.407 e. The minimum atomic E-state index is -0.740. The molecule has 37 heavy (non-hydrogen) atoms. The molecule has 1 saturated carbocycles. The summed E-state index contributed by atoms with van der Waals surface area (Å²) in [5.41, 5.74) is 7.05. The van der Waals surface area contributed by atoms with Crippen molar-refractivity contribution in [2.24, 2.45) is 16.9 Å². The lowest BCUT2D eigenvalue weighted by molar-refractivity contribution is -0.143. The Hall–Kier alpha value is -3.88. The Morgan fingerprint density at radius 2 is 1.65 bits per heavy atom. The molecule has 3 amide bonds. The van der Waals surface area contributed by atoms with Crippen LogP contribution in [-0.4, -0.2) is 48.6 Å². The Labute approximate surface area is 216 Å². The number of hydrazone groups is 1. The number of carbonyl (C=O) groups is 3. The van der Waals surface area contributed by atoms with Gasteiger partial charge in [-0.2, -0.15) is 5.10 Å². The van der Waals surface area contributed by atoms with E-state index in [1.165, 1.54) is 17.3 Å². The summed E-state index contributed by atoms with van der Waals surface area (Å²) in [5.74, 6) is -0.763. The predicted octanol–water partition coefficient (Wildman–Crippen LogP) is 4.48. The third-order valence-corrected chi connectivity index (χ3v) is 7.25. The van der Waals surface area contributed by atoms with E-state index in [9.17, 15) is 14.4 Å². The van der Waals surface area contributed by atoms with Gasteiger partial charge >= 0.3 is 18.1 Å². The van der Waals surface area contributed by atoms with Crippen LogP contribution in [0.5, 0.6) is 0 Å². The molecule has 9 nitrogen and oxygen atoms in total. The maximum Gasteiger partial charge on any atom is 0.407 e. The number of nitrogens with zero attached hydrogens (tertiary/aromatic N) is 1. The van der Waals surface area contributed by atoms with Crippen LogP contribution in [0.25, 0.3) is 11.1 Å². The zero-order valence-electron chi connectivity index (χ0n) is 21.0. The van der Waals surface area contributed by atoms with E-state index in [1.807, 2.05) is 31.2 Å². The lowest BCUT2D eigenvalue weighted by Crippen LogP contribution is -2.39. The fourth-order valence-electron chi connectivity index (χ4n) is 5.11. The standard InChI is InChI=1S/C28H34N4O5/c1-2-20(16-30-32-27(35)29-15-18-11-13-19(14-12-18)26(33)34)31-28(36)37-17-25-23-9-5-3-7-21(23)22-8-4-6-10-24(22)25/h3-10,16,18-20,25H,2,11-15,17H2,1H3,(H,31,36)(H,33,34)(H2,29,32,35)/b30-16+. The number of carboxylic acid groups (broad SMARTS) is 1. The maximum atomic E-state index is 12.5. The molecule has 0 heterocycles. The topological polar surface area (TPSA) is 129 Å². The molecule has 1 fully saturated rings. The van der Waals surface area contributed by atoms with Gasteiger partial charge in [0.1, 0.15) is 6.61 Å². The molecular weight excluding hydrogens is 472 g/mol. The number of fused-ring (bicyclic) bond motifs is 3. The highest BCUT2D eigenvalue weighted by Gasteiger charge is 2.29. The van der Waals surface area contributed by atoms with Gasteiger partial charge in [-0.05, 0) is 60.3 Å². The zero-order chi connectivity index (χ0) is 26.2. The molecule has 1 atom stereocenters. The number of amides is 3. The summed E-state index contributed by atoms with van der Waals surface area (Å²) in [7, 11) is 0. The average Bonchev–Trinajstić information content (AvgIpc) is 3.24. The van der Waals surface area contributed by atoms with Gasteiger partial charge in [0.05, 0.1) is 12.0 Å². The van der Waals surface area contributed by atoms with E-state index in [2.05, 4.69) is 45.4 Å². The number of hydrogen-bond acceptors (Lipinski definition) is 5. The van der Waals surface area contributed by atoms with Crippen LogP contribution in [0.15, 0.2) is 53.6 Å². The molecule has 9 heteroatoms. The third kappa shape index (κ3) is 6.67. The molecule has 0 aromatic heterocycles. The number of alkyl carbamates (subject to hydrolysis) is 1. The normalized spacial score (nSPS) is 19.5. The quantitative estimate of drug-likeness (QED) is 0.294. The summed E-state index contributed by atoms with van der Waals surface area (Å²) >= 11 is 0. The van der Waals surface area contributed by atoms with Crippen LogP contribution in [0, 0.1) is 11.8 Å². The van der Waals surface area contributed by atoms with Crippen molar-refractivity contribution < 1.29 is 24.2 Å². The molecule has 4 rings (SSSR count). The SMILES string of the molecule is CCC(/C=N/NC(=O)NCC1CCC(C(=O)O)CC1)NC(=O)OCC1c2ccccc2-c2ccccc21. The second-order valence-electron chi connectivity index (χ2n) is 9.64. The molecule has 2 aromatic carbocycles. The van der Waals surface area contributed by atoms with E-state index in [0.29, 0.717) is 25.8 Å². The number of benzene rings is 2. The number of rotatable bonds is 9. The van der Waals surface area contributed by atoms with Crippen molar-refractivity contribution in [2.45, 2.75) is 51.0 Å². The Bertz CT molecular complexity index is 1100. The fraction of sp³-hybridized carbons (Fsp3) is 0.429. The second-order valence-corrected chi connectivity index (χ2v) is 9.64. The monoisotopic (exact) mass is 506 g/mol. The molecule has 2 aromatic rings. The van der Waals surface area contributed by atoms with Crippen molar-refractivity contribution in [3.8, 4) is 11.1 Å². The van der Waals surface area contributed by atoms with E-state index in [1.54, 1.807) is 0 Å². The van der Waals surface area contributed by atoms with Gasteiger partial charge in [-0.25, -0.2) is 15.0 Å². The lowest BCUT2D eigenvalue weighted by atomic mass is 9.82. The fourth-order valence-corrected chi connectivity index (χ4v) is 5.11. The first kappa shape index (κ1) is 26.2. The van der Waals surface area contributed by atoms with Crippen LogP contribution in [0.1, 0.15) is 56.1 Å². The summed E-state index contributed by atoms with van der Waals surface area (Å²) < 4.78 is 5.58. The molecular formula is C28H34N4O5. The van der Waals surface area contributed by atoms with Gasteiger partial charge in [0.15, 0.2) is 0 Å². The van der Waals surface area contributed by atoms with Crippen LogP contribution in [0.2, 0.25) is 0 Å². The number of urea groups is 1. The van der Waals surface area contributed by atoms with Crippen molar-refractivity contribution in [3.05, 3.63) is 59.7 Å². The lowest BCUT2D eigenvalue weighted by Gasteiger charge is -2.25. The van der Waals surface area contributed by atoms with E-state index in [-0.39, 0.29) is 24.4 Å². The van der Waals surface area contributed by atoms with Gasteiger partial charge in [-0.15, -0.1) is 0 Å². The Morgan fingerprint density at radius 3 is 2.24 bits per heavy atom. The Morgan fingerprint density at radius 1 is 1.03 bits per heavy atom. The number of hydrogen-bond donors (Lipinski definition) is 4. The first-order chi connectivity index (χ1) is 18.0. The van der Waals surface area contributed by atoms with Crippen LogP contribution in [0.3, 0.4) is 0 Å². The Balaban J connectivity index is 1.19. The summed E-state index contributed by atoms with van der Waals surface area (Å²) in [5, 5.41) is 18.6. The molecule has 1 unspecified atom stereocenters. The summed E-state index contributed by atoms with van der Waals surface area (Å²) in [4.78, 5) is 35.6. The molecule has 0 radical (unpaired) electrons. The highest BCUT2D eigenvalue weighted by atomic mass is 16.5. The van der Waals surface area contributed by atoms with Crippen molar-refractivity contribution in [3.63, 3.8) is 0 Å². The summed E-state index contributed by atoms with van der Waals surface area (Å²) in [6.07, 6.45) is 4.34. The van der Waals surface area contributed by atoms with Crippen LogP contribution >= 0.6 is 0 Å². The number of carboxylic acids is 1. The summed E-state index contributed by atoms with van der Waals surface area (Å²) in [6, 6.07) is 15.5. The molecule has 4 N–H and O–H groups in total. The number of carbonyl (C=O) groups excluding carboxylic acids is 2. The molecule has 0 saturated heterocycles. The molecule has 0 spiro atoms. The van der Waals surface area contributed by atoms with Crippen molar-refractivity contribution in [1.29, 1.82) is 0 Å². The largest absolute Gasteiger partial charge is 0.481 e. The van der Waals surface area contributed by atoms with E-state index in [0.717, 1.165) is 24.0 Å². The van der Waals surface area contributed by atoms with Gasteiger partial charge in [0, 0.05) is 18.7 Å². The van der Waals surface area contributed by atoms with Gasteiger partial charge < -0.3 is 20.5 Å². The highest BCUT2D eigenvalue weighted by Crippen LogP contribution is 2.44. The van der Waals surface area contributed by atoms with Gasteiger partial charge in [-0.3, -0.25) is 4.79 Å². The summed E-state index contributed by atoms with van der Waals surface area (Å²) in [6.45, 7) is 2.60. The molecule has 196 valence electrons. The number of nitrogens with one attached hydrogen (secondary N) is 3. The predicted molar refractivity (Wildman–Crippen MR) is 140 cm³/mol. The second kappa shape index (κ2) is 12.4. The van der Waals surface area contributed by atoms with Crippen LogP contribution in [0.4, 0.5) is 9.59 Å². The zero-order valence-corrected chi connectivity index (χ0v) is 21.0. The molecule has 0 aliphatic heterocycles.